The van der Waals surface area contributed by atoms with Crippen molar-refractivity contribution in [2.75, 3.05) is 7.05 Å². The Hall–Kier alpha value is -3.45. The summed E-state index contributed by atoms with van der Waals surface area (Å²) in [6, 6.07) is 15.1. The molecule has 33 heavy (non-hydrogen) atoms. The van der Waals surface area contributed by atoms with Gasteiger partial charge in [0.2, 0.25) is 10.0 Å². The SMILES string of the molecule is C#CCn1c(=NC(=O)c2ccc(S(=O)(=O)N(C)Cc3ccco3)cc2)sc2cc(C)ccc21. The van der Waals surface area contributed by atoms with Crippen LogP contribution in [0.2, 0.25) is 0 Å². The molecule has 0 radical (unpaired) electrons. The van der Waals surface area contributed by atoms with E-state index in [0.29, 0.717) is 10.6 Å². The number of furan rings is 1. The number of terminal acetylenes is 1. The minimum Gasteiger partial charge on any atom is -0.468 e. The van der Waals surface area contributed by atoms with Crippen LogP contribution >= 0.6 is 11.3 Å². The number of sulfonamides is 1. The highest BCUT2D eigenvalue weighted by Gasteiger charge is 2.22. The van der Waals surface area contributed by atoms with Crippen molar-refractivity contribution in [1.29, 1.82) is 0 Å². The van der Waals surface area contributed by atoms with Crippen molar-refractivity contribution in [2.45, 2.75) is 24.9 Å². The van der Waals surface area contributed by atoms with Gasteiger partial charge in [0.25, 0.3) is 5.91 Å². The number of hydrogen-bond donors (Lipinski definition) is 0. The van der Waals surface area contributed by atoms with E-state index >= 15 is 0 Å². The Morgan fingerprint density at radius 3 is 2.64 bits per heavy atom. The predicted octanol–water partition coefficient (Wildman–Crippen LogP) is 3.80. The molecular weight excluding hydrogens is 458 g/mol. The van der Waals surface area contributed by atoms with Crippen molar-refractivity contribution in [3.05, 3.63) is 82.5 Å². The van der Waals surface area contributed by atoms with Gasteiger partial charge in [-0.15, -0.1) is 6.42 Å². The molecule has 0 aliphatic carbocycles. The third kappa shape index (κ3) is 4.68. The summed E-state index contributed by atoms with van der Waals surface area (Å²) in [6.07, 6.45) is 7.01. The number of amides is 1. The Bertz CT molecular complexity index is 1520. The van der Waals surface area contributed by atoms with Crippen LogP contribution < -0.4 is 4.80 Å². The second-order valence-electron chi connectivity index (χ2n) is 7.43. The van der Waals surface area contributed by atoms with Gasteiger partial charge in [0.1, 0.15) is 5.76 Å². The molecule has 4 rings (SSSR count). The van der Waals surface area contributed by atoms with Crippen LogP contribution in [0.5, 0.6) is 0 Å². The Balaban J connectivity index is 1.62. The Labute approximate surface area is 195 Å². The third-order valence-corrected chi connectivity index (χ3v) is 7.91. The van der Waals surface area contributed by atoms with E-state index in [1.165, 1.54) is 53.2 Å². The number of rotatable bonds is 6. The van der Waals surface area contributed by atoms with Gasteiger partial charge in [0.05, 0.1) is 34.5 Å². The van der Waals surface area contributed by atoms with Gasteiger partial charge in [0, 0.05) is 12.6 Å². The van der Waals surface area contributed by atoms with Gasteiger partial charge in [-0.3, -0.25) is 4.79 Å². The summed E-state index contributed by atoms with van der Waals surface area (Å²) in [5.74, 6) is 2.66. The first kappa shape index (κ1) is 22.7. The molecule has 2 heterocycles. The van der Waals surface area contributed by atoms with E-state index in [1.54, 1.807) is 12.1 Å². The van der Waals surface area contributed by atoms with Crippen molar-refractivity contribution in [2.24, 2.45) is 4.99 Å². The molecule has 0 fully saturated rings. The average molecular weight is 480 g/mol. The summed E-state index contributed by atoms with van der Waals surface area (Å²) in [6.45, 7) is 2.38. The van der Waals surface area contributed by atoms with Crippen molar-refractivity contribution in [3.63, 3.8) is 0 Å². The van der Waals surface area contributed by atoms with E-state index in [0.717, 1.165) is 15.8 Å². The fourth-order valence-electron chi connectivity index (χ4n) is 3.32. The van der Waals surface area contributed by atoms with Crippen LogP contribution in [0.1, 0.15) is 21.7 Å². The maximum absolute atomic E-state index is 12.8. The molecule has 0 aliphatic heterocycles. The van der Waals surface area contributed by atoms with Crippen LogP contribution in [0, 0.1) is 19.3 Å². The second kappa shape index (κ2) is 9.19. The lowest BCUT2D eigenvalue weighted by Crippen LogP contribution is -2.26. The summed E-state index contributed by atoms with van der Waals surface area (Å²) < 4.78 is 34.9. The van der Waals surface area contributed by atoms with Crippen LogP contribution in [-0.4, -0.2) is 30.2 Å². The molecule has 2 aromatic heterocycles. The molecular formula is C24H21N3O4S2. The Morgan fingerprint density at radius 1 is 1.21 bits per heavy atom. The summed E-state index contributed by atoms with van der Waals surface area (Å²) >= 11 is 1.38. The maximum atomic E-state index is 12.8. The topological polar surface area (TPSA) is 84.9 Å². The summed E-state index contributed by atoms with van der Waals surface area (Å²) in [5, 5.41) is 0. The molecule has 0 aliphatic rings. The number of hydrogen-bond acceptors (Lipinski definition) is 5. The minimum atomic E-state index is -3.74. The zero-order valence-corrected chi connectivity index (χ0v) is 19.7. The standard InChI is InChI=1S/C24H21N3O4S2/c1-4-13-27-21-12-7-17(2)15-22(21)32-24(27)25-23(28)18-8-10-20(11-9-18)33(29,30)26(3)16-19-6-5-14-31-19/h1,5-12,14-15H,13,16H2,2-3H3. The van der Waals surface area contributed by atoms with E-state index in [4.69, 9.17) is 10.8 Å². The monoisotopic (exact) mass is 479 g/mol. The van der Waals surface area contributed by atoms with Gasteiger partial charge < -0.3 is 8.98 Å². The quantitative estimate of drug-likeness (QED) is 0.394. The molecule has 0 bridgehead atoms. The van der Waals surface area contributed by atoms with E-state index in [-0.39, 0.29) is 23.5 Å². The summed E-state index contributed by atoms with van der Waals surface area (Å²) in [4.78, 5) is 17.7. The molecule has 4 aromatic rings. The van der Waals surface area contributed by atoms with Gasteiger partial charge in [-0.05, 0) is 61.0 Å². The highest BCUT2D eigenvalue weighted by atomic mass is 32.2. The molecule has 0 spiro atoms. The van der Waals surface area contributed by atoms with Crippen LogP contribution in [0.3, 0.4) is 0 Å². The average Bonchev–Trinajstić information content (AvgIpc) is 3.42. The first-order chi connectivity index (χ1) is 15.8. The molecule has 2 aromatic carbocycles. The number of carbonyl (C=O) groups is 1. The lowest BCUT2D eigenvalue weighted by Gasteiger charge is -2.16. The number of benzene rings is 2. The molecule has 0 saturated heterocycles. The zero-order chi connectivity index (χ0) is 23.6. The fourth-order valence-corrected chi connectivity index (χ4v) is 5.58. The van der Waals surface area contributed by atoms with E-state index < -0.39 is 15.9 Å². The molecule has 168 valence electrons. The van der Waals surface area contributed by atoms with Crippen molar-refractivity contribution < 1.29 is 17.6 Å². The largest absolute Gasteiger partial charge is 0.468 e. The van der Waals surface area contributed by atoms with Gasteiger partial charge in [-0.1, -0.05) is 23.3 Å². The Kier molecular flexibility index (Phi) is 6.33. The smallest absolute Gasteiger partial charge is 0.279 e. The highest BCUT2D eigenvalue weighted by Crippen LogP contribution is 2.20. The van der Waals surface area contributed by atoms with Gasteiger partial charge in [0.15, 0.2) is 4.80 Å². The molecule has 0 unspecified atom stereocenters. The number of carbonyl (C=O) groups excluding carboxylic acids is 1. The maximum Gasteiger partial charge on any atom is 0.279 e. The molecule has 0 N–H and O–H groups in total. The van der Waals surface area contributed by atoms with Crippen molar-refractivity contribution in [1.82, 2.24) is 8.87 Å². The number of nitrogens with zero attached hydrogens (tertiary/aromatic N) is 3. The van der Waals surface area contributed by atoms with Crippen molar-refractivity contribution in [3.8, 4) is 12.3 Å². The number of fused-ring (bicyclic) bond motifs is 1. The summed E-state index contributed by atoms with van der Waals surface area (Å²) in [7, 11) is -2.27. The molecule has 1 amide bonds. The zero-order valence-electron chi connectivity index (χ0n) is 18.1. The molecule has 7 nitrogen and oxygen atoms in total. The van der Waals surface area contributed by atoms with E-state index in [2.05, 4.69) is 10.9 Å². The van der Waals surface area contributed by atoms with Crippen LogP contribution in [-0.2, 0) is 23.1 Å². The van der Waals surface area contributed by atoms with Gasteiger partial charge in [-0.2, -0.15) is 9.30 Å². The molecule has 0 atom stereocenters. The number of aromatic nitrogens is 1. The number of aryl methyl sites for hydroxylation is 1. The lowest BCUT2D eigenvalue weighted by molar-refractivity contribution is 0.0998. The first-order valence-electron chi connectivity index (χ1n) is 10.0. The molecule has 9 heteroatoms. The van der Waals surface area contributed by atoms with Crippen LogP contribution in [0.15, 0.2) is 75.2 Å². The van der Waals surface area contributed by atoms with Gasteiger partial charge >= 0.3 is 0 Å². The molecule has 0 saturated carbocycles. The normalized spacial score (nSPS) is 12.4. The van der Waals surface area contributed by atoms with Crippen LogP contribution in [0.4, 0.5) is 0 Å². The van der Waals surface area contributed by atoms with E-state index in [9.17, 15) is 13.2 Å². The highest BCUT2D eigenvalue weighted by molar-refractivity contribution is 7.89. The van der Waals surface area contributed by atoms with Crippen molar-refractivity contribution >= 4 is 37.5 Å². The Morgan fingerprint density at radius 2 is 1.97 bits per heavy atom. The number of thiazole rings is 1. The lowest BCUT2D eigenvalue weighted by atomic mass is 10.2. The first-order valence-corrected chi connectivity index (χ1v) is 12.3. The minimum absolute atomic E-state index is 0.0767. The third-order valence-electron chi connectivity index (χ3n) is 5.05. The van der Waals surface area contributed by atoms with E-state index in [1.807, 2.05) is 29.7 Å². The summed E-state index contributed by atoms with van der Waals surface area (Å²) in [5.41, 5.74) is 2.29. The van der Waals surface area contributed by atoms with Gasteiger partial charge in [-0.25, -0.2) is 8.42 Å². The van der Waals surface area contributed by atoms with Crippen LogP contribution in [0.25, 0.3) is 10.2 Å². The fraction of sp³-hybridized carbons (Fsp3) is 0.167. The second-order valence-corrected chi connectivity index (χ2v) is 10.5. The predicted molar refractivity (Wildman–Crippen MR) is 127 cm³/mol.